The van der Waals surface area contributed by atoms with Crippen molar-refractivity contribution in [1.82, 2.24) is 9.97 Å². The van der Waals surface area contributed by atoms with Crippen LogP contribution in [0.2, 0.25) is 5.15 Å². The van der Waals surface area contributed by atoms with Crippen LogP contribution in [0.15, 0.2) is 0 Å². The summed E-state index contributed by atoms with van der Waals surface area (Å²) in [5, 5.41) is 0.0100. The number of aromatic nitrogens is 2. The molecule has 0 aromatic carbocycles. The van der Waals surface area contributed by atoms with Crippen LogP contribution in [0, 0.1) is 13.8 Å². The molecule has 0 aliphatic rings. The van der Waals surface area contributed by atoms with Gasteiger partial charge in [-0.25, -0.2) is 9.97 Å². The third-order valence-corrected chi connectivity index (χ3v) is 2.66. The van der Waals surface area contributed by atoms with Crippen molar-refractivity contribution < 1.29 is 13.2 Å². The topological polar surface area (TPSA) is 29.0 Å². The highest BCUT2D eigenvalue weighted by molar-refractivity contribution is 6.31. The van der Waals surface area contributed by atoms with Crippen LogP contribution in [0.25, 0.3) is 0 Å². The number of halogens is 4. The van der Waals surface area contributed by atoms with Gasteiger partial charge in [-0.1, -0.05) is 18.5 Å². The Morgan fingerprint density at radius 3 is 2.22 bits per heavy atom. The lowest BCUT2D eigenvalue weighted by molar-refractivity contribution is -0.119. The maximum atomic E-state index is 12.5. The van der Waals surface area contributed by atoms with Crippen LogP contribution in [0.3, 0.4) is 0 Å². The summed E-state index contributed by atoms with van der Waals surface area (Å²) in [5.74, 6) is 0.0962. The number of hydrogen-bond donors (Lipinski definition) is 0. The fraction of sp³-hybridized carbons (Fsp3) is 0.636. The number of aryl methyl sites for hydroxylation is 2. The molecule has 0 spiro atoms. The van der Waals surface area contributed by atoms with Crippen LogP contribution in [0.4, 0.5) is 19.0 Å². The Bertz CT molecular complexity index is 421. The highest BCUT2D eigenvalue weighted by atomic mass is 35.5. The van der Waals surface area contributed by atoms with E-state index in [1.807, 2.05) is 0 Å². The van der Waals surface area contributed by atoms with Crippen LogP contribution in [0.5, 0.6) is 0 Å². The van der Waals surface area contributed by atoms with Crippen molar-refractivity contribution in [3.05, 3.63) is 16.5 Å². The number of nitrogens with zero attached hydrogens (tertiary/aromatic N) is 3. The zero-order chi connectivity index (χ0) is 13.9. The Labute approximate surface area is 109 Å². The summed E-state index contributed by atoms with van der Waals surface area (Å²) in [4.78, 5) is 9.22. The molecular weight excluding hydrogens is 267 g/mol. The number of alkyl halides is 3. The normalized spacial score (nSPS) is 11.7. The first-order valence-electron chi connectivity index (χ1n) is 5.57. The SMILES string of the molecule is CCCN(CC(F)(F)F)c1nc(C)c(C)nc1Cl. The molecule has 0 radical (unpaired) electrons. The van der Waals surface area contributed by atoms with E-state index >= 15 is 0 Å². The van der Waals surface area contributed by atoms with Gasteiger partial charge in [0.2, 0.25) is 0 Å². The van der Waals surface area contributed by atoms with Gasteiger partial charge in [-0.15, -0.1) is 0 Å². The monoisotopic (exact) mass is 281 g/mol. The second-order valence-electron chi connectivity index (χ2n) is 4.05. The van der Waals surface area contributed by atoms with Gasteiger partial charge in [0, 0.05) is 6.54 Å². The zero-order valence-corrected chi connectivity index (χ0v) is 11.2. The summed E-state index contributed by atoms with van der Waals surface area (Å²) in [5.41, 5.74) is 1.20. The van der Waals surface area contributed by atoms with Gasteiger partial charge in [-0.05, 0) is 20.3 Å². The Morgan fingerprint density at radius 1 is 1.17 bits per heavy atom. The lowest BCUT2D eigenvalue weighted by atomic mass is 10.3. The van der Waals surface area contributed by atoms with Gasteiger partial charge < -0.3 is 4.90 Å². The number of anilines is 1. The van der Waals surface area contributed by atoms with Gasteiger partial charge in [-0.2, -0.15) is 13.2 Å². The molecule has 1 heterocycles. The van der Waals surface area contributed by atoms with Crippen LogP contribution < -0.4 is 4.90 Å². The lowest BCUT2D eigenvalue weighted by Crippen LogP contribution is -2.36. The van der Waals surface area contributed by atoms with Crippen molar-refractivity contribution in [3.63, 3.8) is 0 Å². The molecule has 7 heteroatoms. The fourth-order valence-electron chi connectivity index (χ4n) is 1.51. The molecule has 0 fully saturated rings. The van der Waals surface area contributed by atoms with E-state index in [0.29, 0.717) is 17.8 Å². The Balaban J connectivity index is 3.09. The van der Waals surface area contributed by atoms with E-state index in [0.717, 1.165) is 4.90 Å². The Kier molecular flexibility index (Phi) is 4.78. The van der Waals surface area contributed by atoms with Gasteiger partial charge in [0.1, 0.15) is 6.54 Å². The summed E-state index contributed by atoms with van der Waals surface area (Å²) >= 11 is 5.88. The molecule has 0 aliphatic carbocycles. The van der Waals surface area contributed by atoms with E-state index in [-0.39, 0.29) is 17.5 Å². The van der Waals surface area contributed by atoms with Crippen molar-refractivity contribution in [3.8, 4) is 0 Å². The average Bonchev–Trinajstić information content (AvgIpc) is 2.21. The summed E-state index contributed by atoms with van der Waals surface area (Å²) in [7, 11) is 0. The van der Waals surface area contributed by atoms with Crippen LogP contribution in [-0.4, -0.2) is 29.2 Å². The molecule has 0 amide bonds. The van der Waals surface area contributed by atoms with E-state index in [1.54, 1.807) is 20.8 Å². The van der Waals surface area contributed by atoms with Crippen LogP contribution in [-0.2, 0) is 0 Å². The predicted molar refractivity (Wildman–Crippen MR) is 65.1 cm³/mol. The van der Waals surface area contributed by atoms with Crippen molar-refractivity contribution in [2.75, 3.05) is 18.0 Å². The second-order valence-corrected chi connectivity index (χ2v) is 4.40. The number of hydrogen-bond acceptors (Lipinski definition) is 3. The molecule has 0 N–H and O–H groups in total. The molecule has 3 nitrogen and oxygen atoms in total. The van der Waals surface area contributed by atoms with Gasteiger partial charge in [0.15, 0.2) is 11.0 Å². The molecule has 0 saturated carbocycles. The molecule has 1 aromatic rings. The standard InChI is InChI=1S/C11H15ClF3N3/c1-4-5-18(6-11(13,14)15)10-9(12)16-7(2)8(3)17-10/h4-6H2,1-3H3. The molecule has 1 rings (SSSR count). The lowest BCUT2D eigenvalue weighted by Gasteiger charge is -2.25. The molecule has 18 heavy (non-hydrogen) atoms. The molecule has 0 atom stereocenters. The number of rotatable bonds is 4. The fourth-order valence-corrected chi connectivity index (χ4v) is 1.80. The molecule has 0 aliphatic heterocycles. The van der Waals surface area contributed by atoms with Gasteiger partial charge in [0.05, 0.1) is 11.4 Å². The summed E-state index contributed by atoms with van der Waals surface area (Å²) < 4.78 is 37.5. The molecule has 0 saturated heterocycles. The van der Waals surface area contributed by atoms with E-state index < -0.39 is 12.7 Å². The van der Waals surface area contributed by atoms with E-state index in [9.17, 15) is 13.2 Å². The largest absolute Gasteiger partial charge is 0.405 e. The average molecular weight is 282 g/mol. The molecule has 1 aromatic heterocycles. The highest BCUT2D eigenvalue weighted by Crippen LogP contribution is 2.26. The van der Waals surface area contributed by atoms with E-state index in [4.69, 9.17) is 11.6 Å². The van der Waals surface area contributed by atoms with E-state index in [1.165, 1.54) is 0 Å². The molecular formula is C11H15ClF3N3. The van der Waals surface area contributed by atoms with Gasteiger partial charge in [-0.3, -0.25) is 0 Å². The van der Waals surface area contributed by atoms with Crippen molar-refractivity contribution in [1.29, 1.82) is 0 Å². The highest BCUT2D eigenvalue weighted by Gasteiger charge is 2.32. The van der Waals surface area contributed by atoms with E-state index in [2.05, 4.69) is 9.97 Å². The van der Waals surface area contributed by atoms with Gasteiger partial charge in [0.25, 0.3) is 0 Å². The minimum atomic E-state index is -4.29. The first-order chi connectivity index (χ1) is 8.24. The minimum Gasteiger partial charge on any atom is -0.345 e. The van der Waals surface area contributed by atoms with Crippen LogP contribution in [0.1, 0.15) is 24.7 Å². The van der Waals surface area contributed by atoms with Crippen LogP contribution >= 0.6 is 11.6 Å². The first-order valence-corrected chi connectivity index (χ1v) is 5.95. The third kappa shape index (κ3) is 4.01. The minimum absolute atomic E-state index is 0.0100. The quantitative estimate of drug-likeness (QED) is 0.845. The smallest absolute Gasteiger partial charge is 0.345 e. The summed E-state index contributed by atoms with van der Waals surface area (Å²) in [6, 6.07) is 0. The maximum absolute atomic E-state index is 12.5. The Morgan fingerprint density at radius 2 is 1.72 bits per heavy atom. The van der Waals surface area contributed by atoms with Crippen molar-refractivity contribution in [2.24, 2.45) is 0 Å². The van der Waals surface area contributed by atoms with Crippen molar-refractivity contribution >= 4 is 17.4 Å². The Hall–Kier alpha value is -1.04. The molecule has 102 valence electrons. The predicted octanol–water partition coefficient (Wildman–Crippen LogP) is 3.53. The molecule has 0 unspecified atom stereocenters. The summed E-state index contributed by atoms with van der Waals surface area (Å²) in [6.07, 6.45) is -3.72. The second kappa shape index (κ2) is 5.73. The van der Waals surface area contributed by atoms with Gasteiger partial charge >= 0.3 is 6.18 Å². The third-order valence-electron chi connectivity index (χ3n) is 2.41. The van der Waals surface area contributed by atoms with Crippen molar-refractivity contribution in [2.45, 2.75) is 33.4 Å². The molecule has 0 bridgehead atoms. The maximum Gasteiger partial charge on any atom is 0.405 e. The zero-order valence-electron chi connectivity index (χ0n) is 10.5. The first kappa shape index (κ1) is 15.0. The summed E-state index contributed by atoms with van der Waals surface area (Å²) in [6.45, 7) is 4.37.